The molecule has 126 valence electrons. The molecule has 0 saturated heterocycles. The van der Waals surface area contributed by atoms with Crippen molar-refractivity contribution in [1.29, 1.82) is 0 Å². The number of aromatic nitrogens is 1. The van der Waals surface area contributed by atoms with Gasteiger partial charge in [0.25, 0.3) is 0 Å². The van der Waals surface area contributed by atoms with Crippen LogP contribution in [0.5, 0.6) is 5.75 Å². The first kappa shape index (κ1) is 17.0. The molecule has 0 radical (unpaired) electrons. The Labute approximate surface area is 152 Å². The molecule has 0 bridgehead atoms. The van der Waals surface area contributed by atoms with Gasteiger partial charge in [0.05, 0.1) is 17.7 Å². The molecule has 0 unspecified atom stereocenters. The largest absolute Gasteiger partial charge is 0.495 e. The lowest BCUT2D eigenvalue weighted by atomic mass is 9.89. The van der Waals surface area contributed by atoms with Crippen LogP contribution in [0.2, 0.25) is 5.02 Å². The van der Waals surface area contributed by atoms with Crippen molar-refractivity contribution in [3.05, 3.63) is 53.3 Å². The van der Waals surface area contributed by atoms with E-state index >= 15 is 0 Å². The molecule has 2 N–H and O–H groups in total. The maximum Gasteiger partial charge on any atom is 0.171 e. The van der Waals surface area contributed by atoms with Crippen molar-refractivity contribution in [1.82, 2.24) is 10.3 Å². The summed E-state index contributed by atoms with van der Waals surface area (Å²) in [7, 11) is 1.60. The van der Waals surface area contributed by atoms with Gasteiger partial charge in [-0.1, -0.05) is 30.5 Å². The summed E-state index contributed by atoms with van der Waals surface area (Å²) < 4.78 is 5.17. The Morgan fingerprint density at radius 3 is 2.71 bits per heavy atom. The van der Waals surface area contributed by atoms with Crippen molar-refractivity contribution >= 4 is 34.6 Å². The average Bonchev–Trinajstić information content (AvgIpc) is 3.05. The number of anilines is 1. The number of hydrogen-bond acceptors (Lipinski definition) is 3. The van der Waals surface area contributed by atoms with Gasteiger partial charge in [0.15, 0.2) is 5.11 Å². The van der Waals surface area contributed by atoms with Crippen LogP contribution in [0.15, 0.2) is 42.7 Å². The zero-order valence-electron chi connectivity index (χ0n) is 13.5. The third-order valence-electron chi connectivity index (χ3n) is 4.43. The van der Waals surface area contributed by atoms with Gasteiger partial charge in [0.1, 0.15) is 5.75 Å². The second-order valence-electron chi connectivity index (χ2n) is 5.96. The van der Waals surface area contributed by atoms with Gasteiger partial charge < -0.3 is 15.4 Å². The maximum absolute atomic E-state index is 6.17. The molecule has 6 heteroatoms. The Hall–Kier alpha value is -1.85. The molecule has 1 aliphatic rings. The van der Waals surface area contributed by atoms with Crippen molar-refractivity contribution < 1.29 is 4.74 Å². The van der Waals surface area contributed by atoms with Crippen LogP contribution in [0.4, 0.5) is 5.69 Å². The van der Waals surface area contributed by atoms with Crippen molar-refractivity contribution in [3.63, 3.8) is 0 Å². The smallest absolute Gasteiger partial charge is 0.171 e. The Kier molecular flexibility index (Phi) is 5.21. The molecular weight excluding hydrogens is 342 g/mol. The van der Waals surface area contributed by atoms with Crippen LogP contribution in [0.3, 0.4) is 0 Å². The molecule has 0 spiro atoms. The summed E-state index contributed by atoms with van der Waals surface area (Å²) in [6.45, 7) is 0. The van der Waals surface area contributed by atoms with Crippen LogP contribution in [0.1, 0.15) is 31.2 Å². The predicted molar refractivity (Wildman–Crippen MR) is 102 cm³/mol. The lowest BCUT2D eigenvalue weighted by Crippen LogP contribution is -2.45. The van der Waals surface area contributed by atoms with Crippen molar-refractivity contribution in [2.75, 3.05) is 12.4 Å². The topological polar surface area (TPSA) is 46.2 Å². The summed E-state index contributed by atoms with van der Waals surface area (Å²) in [5.41, 5.74) is 1.87. The van der Waals surface area contributed by atoms with E-state index in [2.05, 4.69) is 21.7 Å². The normalized spacial score (nSPS) is 15.8. The highest BCUT2D eigenvalue weighted by atomic mass is 35.5. The Balaban J connectivity index is 1.74. The molecular formula is C18H20ClN3OS. The number of benzene rings is 1. The van der Waals surface area contributed by atoms with Gasteiger partial charge in [-0.15, -0.1) is 0 Å². The number of thiocarbonyl (C=S) groups is 1. The van der Waals surface area contributed by atoms with Gasteiger partial charge in [0, 0.05) is 18.1 Å². The number of nitrogens with zero attached hydrogens (tertiary/aromatic N) is 1. The van der Waals surface area contributed by atoms with Crippen molar-refractivity contribution in [2.24, 2.45) is 0 Å². The molecule has 24 heavy (non-hydrogen) atoms. The number of pyridine rings is 1. The molecule has 4 nitrogen and oxygen atoms in total. The summed E-state index contributed by atoms with van der Waals surface area (Å²) in [6, 6.07) is 9.60. The summed E-state index contributed by atoms with van der Waals surface area (Å²) >= 11 is 11.7. The van der Waals surface area contributed by atoms with Gasteiger partial charge in [-0.05, 0) is 54.9 Å². The number of hydrogen-bond donors (Lipinski definition) is 2. The van der Waals surface area contributed by atoms with E-state index in [9.17, 15) is 0 Å². The summed E-state index contributed by atoms with van der Waals surface area (Å²) in [5, 5.41) is 7.86. The molecule has 1 aromatic heterocycles. The van der Waals surface area contributed by atoms with Gasteiger partial charge in [-0.25, -0.2) is 0 Å². The summed E-state index contributed by atoms with van der Waals surface area (Å²) in [6.07, 6.45) is 8.17. The van der Waals surface area contributed by atoms with Crippen LogP contribution in [0, 0.1) is 0 Å². The van der Waals surface area contributed by atoms with Gasteiger partial charge >= 0.3 is 0 Å². The zero-order valence-corrected chi connectivity index (χ0v) is 15.1. The minimum atomic E-state index is -0.144. The highest BCUT2D eigenvalue weighted by molar-refractivity contribution is 7.80. The zero-order chi connectivity index (χ0) is 17.0. The van der Waals surface area contributed by atoms with Crippen molar-refractivity contribution in [3.8, 4) is 5.75 Å². The lowest BCUT2D eigenvalue weighted by molar-refractivity contribution is 0.407. The molecule has 0 amide bonds. The first-order chi connectivity index (χ1) is 11.6. The maximum atomic E-state index is 6.17. The number of rotatable bonds is 4. The first-order valence-corrected chi connectivity index (χ1v) is 8.75. The minimum Gasteiger partial charge on any atom is -0.495 e. The van der Waals surface area contributed by atoms with Crippen LogP contribution >= 0.6 is 23.8 Å². The fourth-order valence-electron chi connectivity index (χ4n) is 3.23. The Morgan fingerprint density at radius 1 is 1.29 bits per heavy atom. The molecule has 1 heterocycles. The lowest BCUT2D eigenvalue weighted by Gasteiger charge is -2.32. The SMILES string of the molecule is COc1ccc(NC(=S)NC2(c3cccnc3)CCCC2)cc1Cl. The summed E-state index contributed by atoms with van der Waals surface area (Å²) in [5.74, 6) is 0.642. The van der Waals surface area contributed by atoms with Gasteiger partial charge in [-0.2, -0.15) is 0 Å². The third kappa shape index (κ3) is 3.62. The second-order valence-corrected chi connectivity index (χ2v) is 6.77. The van der Waals surface area contributed by atoms with Crippen LogP contribution in [-0.2, 0) is 5.54 Å². The molecule has 0 atom stereocenters. The van der Waals surface area contributed by atoms with E-state index in [1.54, 1.807) is 19.4 Å². The van der Waals surface area contributed by atoms with E-state index in [1.165, 1.54) is 18.4 Å². The first-order valence-electron chi connectivity index (χ1n) is 7.96. The predicted octanol–water partition coefficient (Wildman–Crippen LogP) is 4.50. The number of methoxy groups -OCH3 is 1. The fourth-order valence-corrected chi connectivity index (χ4v) is 3.80. The van der Waals surface area contributed by atoms with E-state index in [0.29, 0.717) is 15.9 Å². The van der Waals surface area contributed by atoms with Crippen molar-refractivity contribution in [2.45, 2.75) is 31.2 Å². The molecule has 3 rings (SSSR count). The Bertz CT molecular complexity index is 717. The van der Waals surface area contributed by atoms with Gasteiger partial charge in [-0.3, -0.25) is 4.98 Å². The number of halogens is 1. The van der Waals surface area contributed by atoms with E-state index in [-0.39, 0.29) is 5.54 Å². The van der Waals surface area contributed by atoms with E-state index in [4.69, 9.17) is 28.6 Å². The molecule has 2 aromatic rings. The highest BCUT2D eigenvalue weighted by Gasteiger charge is 2.36. The van der Waals surface area contributed by atoms with Crippen LogP contribution in [-0.4, -0.2) is 17.2 Å². The molecule has 1 saturated carbocycles. The monoisotopic (exact) mass is 361 g/mol. The standard InChI is InChI=1S/C18H20ClN3OS/c1-23-16-7-6-14(11-15(16)19)21-17(24)22-18(8-2-3-9-18)13-5-4-10-20-12-13/h4-7,10-12H,2-3,8-9H2,1H3,(H2,21,22,24). The number of ether oxygens (including phenoxy) is 1. The molecule has 0 aliphatic heterocycles. The molecule has 1 fully saturated rings. The second kappa shape index (κ2) is 7.36. The van der Waals surface area contributed by atoms with Crippen LogP contribution in [0.25, 0.3) is 0 Å². The third-order valence-corrected chi connectivity index (χ3v) is 4.93. The highest BCUT2D eigenvalue weighted by Crippen LogP contribution is 2.38. The number of nitrogens with one attached hydrogen (secondary N) is 2. The van der Waals surface area contributed by atoms with Gasteiger partial charge in [0.2, 0.25) is 0 Å². The van der Waals surface area contributed by atoms with Crippen LogP contribution < -0.4 is 15.4 Å². The minimum absolute atomic E-state index is 0.144. The molecule has 1 aromatic carbocycles. The quantitative estimate of drug-likeness (QED) is 0.785. The molecule has 1 aliphatic carbocycles. The fraction of sp³-hybridized carbons (Fsp3) is 0.333. The average molecular weight is 362 g/mol. The van der Waals surface area contributed by atoms with E-state index in [1.807, 2.05) is 24.4 Å². The Morgan fingerprint density at radius 2 is 2.08 bits per heavy atom. The summed E-state index contributed by atoms with van der Waals surface area (Å²) in [4.78, 5) is 4.26. The van der Waals surface area contributed by atoms with E-state index < -0.39 is 0 Å². The van der Waals surface area contributed by atoms with E-state index in [0.717, 1.165) is 18.5 Å².